The number of carbonyl (C=O) groups is 1. The Morgan fingerprint density at radius 2 is 2.40 bits per heavy atom. The monoisotopic (exact) mass is 247 g/mol. The molecule has 0 radical (unpaired) electrons. The van der Waals surface area contributed by atoms with Crippen molar-refractivity contribution in [1.82, 2.24) is 15.5 Å². The zero-order valence-electron chi connectivity index (χ0n) is 8.56. The Hall–Kier alpha value is -0.660. The van der Waals surface area contributed by atoms with Gasteiger partial charge in [0.15, 0.2) is 4.34 Å². The van der Waals surface area contributed by atoms with Crippen LogP contribution in [0.1, 0.15) is 11.9 Å². The van der Waals surface area contributed by atoms with E-state index in [9.17, 15) is 4.79 Å². The van der Waals surface area contributed by atoms with E-state index >= 15 is 0 Å². The first-order valence-corrected chi connectivity index (χ1v) is 6.26. The summed E-state index contributed by atoms with van der Waals surface area (Å²) in [5, 5.41) is 20.2. The first-order valence-electron chi connectivity index (χ1n) is 4.45. The van der Waals surface area contributed by atoms with Gasteiger partial charge in [0.1, 0.15) is 5.01 Å². The van der Waals surface area contributed by atoms with E-state index in [1.807, 2.05) is 6.92 Å². The van der Waals surface area contributed by atoms with Crippen LogP contribution in [0, 0.1) is 6.92 Å². The van der Waals surface area contributed by atoms with Crippen LogP contribution >= 0.6 is 23.1 Å². The molecule has 0 fully saturated rings. The van der Waals surface area contributed by atoms with Crippen molar-refractivity contribution < 1.29 is 9.90 Å². The summed E-state index contributed by atoms with van der Waals surface area (Å²) in [5.41, 5.74) is 0. The lowest BCUT2D eigenvalue weighted by Crippen LogP contribution is -2.31. The van der Waals surface area contributed by atoms with Crippen molar-refractivity contribution in [3.8, 4) is 0 Å². The first-order chi connectivity index (χ1) is 7.08. The van der Waals surface area contributed by atoms with Crippen LogP contribution in [0.3, 0.4) is 0 Å². The van der Waals surface area contributed by atoms with Gasteiger partial charge in [-0.1, -0.05) is 23.1 Å². The predicted octanol–water partition coefficient (Wildman–Crippen LogP) is 0.436. The van der Waals surface area contributed by atoms with E-state index in [4.69, 9.17) is 5.11 Å². The first kappa shape index (κ1) is 12.4. The maximum atomic E-state index is 11.2. The predicted molar refractivity (Wildman–Crippen MR) is 60.1 cm³/mol. The zero-order valence-corrected chi connectivity index (χ0v) is 10.2. The number of amides is 1. The number of hydrogen-bond donors (Lipinski definition) is 2. The SMILES string of the molecule is Cc1nnc(SCC(=O)NC[C@H](C)O)s1. The average Bonchev–Trinajstić information content (AvgIpc) is 2.58. The quantitative estimate of drug-likeness (QED) is 0.738. The minimum absolute atomic E-state index is 0.103. The van der Waals surface area contributed by atoms with Crippen LogP contribution in [-0.4, -0.2) is 39.6 Å². The molecule has 84 valence electrons. The number of nitrogens with one attached hydrogen (secondary N) is 1. The molecule has 0 saturated carbocycles. The largest absolute Gasteiger partial charge is 0.392 e. The van der Waals surface area contributed by atoms with E-state index in [1.165, 1.54) is 23.1 Å². The summed E-state index contributed by atoms with van der Waals surface area (Å²) in [5.74, 6) is 0.204. The maximum Gasteiger partial charge on any atom is 0.230 e. The van der Waals surface area contributed by atoms with E-state index in [0.717, 1.165) is 9.35 Å². The number of hydrogen-bond acceptors (Lipinski definition) is 6. The fraction of sp³-hybridized carbons (Fsp3) is 0.625. The van der Waals surface area contributed by atoms with Gasteiger partial charge in [-0.2, -0.15) is 0 Å². The molecule has 5 nitrogen and oxygen atoms in total. The average molecular weight is 247 g/mol. The van der Waals surface area contributed by atoms with E-state index in [-0.39, 0.29) is 12.5 Å². The van der Waals surface area contributed by atoms with Gasteiger partial charge in [-0.25, -0.2) is 0 Å². The van der Waals surface area contributed by atoms with E-state index in [0.29, 0.717) is 5.75 Å². The lowest BCUT2D eigenvalue weighted by Gasteiger charge is -2.05. The third kappa shape index (κ3) is 5.10. The Morgan fingerprint density at radius 1 is 1.67 bits per heavy atom. The highest BCUT2D eigenvalue weighted by atomic mass is 32.2. The van der Waals surface area contributed by atoms with Crippen molar-refractivity contribution in [1.29, 1.82) is 0 Å². The summed E-state index contributed by atoms with van der Waals surface area (Å²) in [4.78, 5) is 11.2. The van der Waals surface area contributed by atoms with Gasteiger partial charge in [0.05, 0.1) is 11.9 Å². The molecule has 0 aliphatic carbocycles. The number of aliphatic hydroxyl groups is 1. The van der Waals surface area contributed by atoms with Gasteiger partial charge in [0.2, 0.25) is 5.91 Å². The van der Waals surface area contributed by atoms with Crippen molar-refractivity contribution >= 4 is 29.0 Å². The molecule has 1 amide bonds. The maximum absolute atomic E-state index is 11.2. The highest BCUT2D eigenvalue weighted by molar-refractivity contribution is 8.01. The number of nitrogens with zero attached hydrogens (tertiary/aromatic N) is 2. The summed E-state index contributed by atoms with van der Waals surface area (Å²) in [6.45, 7) is 3.78. The number of carbonyl (C=O) groups excluding carboxylic acids is 1. The molecule has 1 atom stereocenters. The molecule has 0 aromatic carbocycles. The number of thioether (sulfide) groups is 1. The normalized spacial score (nSPS) is 12.5. The van der Waals surface area contributed by atoms with Gasteiger partial charge < -0.3 is 10.4 Å². The Morgan fingerprint density at radius 3 is 2.93 bits per heavy atom. The second-order valence-electron chi connectivity index (χ2n) is 3.03. The fourth-order valence-corrected chi connectivity index (χ4v) is 2.42. The van der Waals surface area contributed by atoms with E-state index < -0.39 is 6.10 Å². The minimum Gasteiger partial charge on any atom is -0.392 e. The summed E-state index contributed by atoms with van der Waals surface area (Å²) in [6.07, 6.45) is -0.511. The molecule has 2 N–H and O–H groups in total. The highest BCUT2D eigenvalue weighted by Crippen LogP contribution is 2.21. The van der Waals surface area contributed by atoms with Crippen LogP contribution < -0.4 is 5.32 Å². The van der Waals surface area contributed by atoms with Crippen LogP contribution in [-0.2, 0) is 4.79 Å². The lowest BCUT2D eigenvalue weighted by atomic mass is 10.4. The molecule has 1 aromatic heterocycles. The smallest absolute Gasteiger partial charge is 0.230 e. The third-order valence-electron chi connectivity index (χ3n) is 1.43. The molecule has 0 aliphatic rings. The Bertz CT molecular complexity index is 327. The zero-order chi connectivity index (χ0) is 11.3. The minimum atomic E-state index is -0.511. The lowest BCUT2D eigenvalue weighted by molar-refractivity contribution is -0.118. The van der Waals surface area contributed by atoms with Crippen LogP contribution in [0.4, 0.5) is 0 Å². The molecule has 1 heterocycles. The molecule has 0 aliphatic heterocycles. The number of aromatic nitrogens is 2. The molecule has 0 saturated heterocycles. The van der Waals surface area contributed by atoms with Crippen LogP contribution in [0.25, 0.3) is 0 Å². The van der Waals surface area contributed by atoms with Gasteiger partial charge in [0.25, 0.3) is 0 Å². The van der Waals surface area contributed by atoms with Crippen LogP contribution in [0.5, 0.6) is 0 Å². The molecule has 1 aromatic rings. The molecule has 7 heteroatoms. The summed E-state index contributed by atoms with van der Waals surface area (Å²) < 4.78 is 0.791. The van der Waals surface area contributed by atoms with Crippen molar-refractivity contribution in [3.63, 3.8) is 0 Å². The molecule has 1 rings (SSSR count). The van der Waals surface area contributed by atoms with E-state index in [1.54, 1.807) is 6.92 Å². The Kier molecular flexibility index (Phi) is 5.00. The number of aliphatic hydroxyl groups excluding tert-OH is 1. The topological polar surface area (TPSA) is 75.1 Å². The third-order valence-corrected chi connectivity index (χ3v) is 3.40. The standard InChI is InChI=1S/C8H13N3O2S2/c1-5(12)3-9-7(13)4-14-8-11-10-6(2)15-8/h5,12H,3-4H2,1-2H3,(H,9,13)/t5-/m0/s1. The van der Waals surface area contributed by atoms with Crippen LogP contribution in [0.15, 0.2) is 4.34 Å². The summed E-state index contributed by atoms with van der Waals surface area (Å²) >= 11 is 2.82. The van der Waals surface area contributed by atoms with E-state index in [2.05, 4.69) is 15.5 Å². The molecular weight excluding hydrogens is 234 g/mol. The fourth-order valence-electron chi connectivity index (χ4n) is 0.777. The molecule has 0 spiro atoms. The summed E-state index contributed by atoms with van der Waals surface area (Å²) in [7, 11) is 0. The van der Waals surface area contributed by atoms with Crippen LogP contribution in [0.2, 0.25) is 0 Å². The van der Waals surface area contributed by atoms with Crippen molar-refractivity contribution in [2.75, 3.05) is 12.3 Å². The van der Waals surface area contributed by atoms with Gasteiger partial charge in [0, 0.05) is 6.54 Å². The highest BCUT2D eigenvalue weighted by Gasteiger charge is 2.06. The number of aryl methyl sites for hydroxylation is 1. The summed E-state index contributed by atoms with van der Waals surface area (Å²) in [6, 6.07) is 0. The second-order valence-corrected chi connectivity index (χ2v) is 5.43. The Balaban J connectivity index is 2.22. The van der Waals surface area contributed by atoms with Crippen molar-refractivity contribution in [3.05, 3.63) is 5.01 Å². The van der Waals surface area contributed by atoms with Gasteiger partial charge in [-0.3, -0.25) is 4.79 Å². The molecule has 0 unspecified atom stereocenters. The molecule has 15 heavy (non-hydrogen) atoms. The Labute approximate surface area is 96.3 Å². The van der Waals surface area contributed by atoms with Gasteiger partial charge in [-0.05, 0) is 13.8 Å². The molecular formula is C8H13N3O2S2. The van der Waals surface area contributed by atoms with Gasteiger partial charge >= 0.3 is 0 Å². The van der Waals surface area contributed by atoms with Gasteiger partial charge in [-0.15, -0.1) is 10.2 Å². The number of rotatable bonds is 5. The molecule has 0 bridgehead atoms. The van der Waals surface area contributed by atoms with Crippen molar-refractivity contribution in [2.45, 2.75) is 24.3 Å². The second kappa shape index (κ2) is 6.04. The van der Waals surface area contributed by atoms with Crippen molar-refractivity contribution in [2.24, 2.45) is 0 Å².